The van der Waals surface area contributed by atoms with Gasteiger partial charge in [-0.3, -0.25) is 14.5 Å². The van der Waals surface area contributed by atoms with Crippen LogP contribution in [0, 0.1) is 11.8 Å². The number of aliphatic carboxylic acids is 1. The van der Waals surface area contributed by atoms with Crippen molar-refractivity contribution in [3.05, 3.63) is 46.3 Å². The summed E-state index contributed by atoms with van der Waals surface area (Å²) in [6.07, 6.45) is 1.87. The van der Waals surface area contributed by atoms with E-state index in [1.165, 1.54) is 0 Å². The molecule has 0 saturated heterocycles. The summed E-state index contributed by atoms with van der Waals surface area (Å²) in [5.41, 5.74) is 1.57. The van der Waals surface area contributed by atoms with Gasteiger partial charge >= 0.3 is 5.97 Å². The van der Waals surface area contributed by atoms with E-state index < -0.39 is 11.9 Å². The Hall–Kier alpha value is -2.67. The predicted molar refractivity (Wildman–Crippen MR) is 116 cm³/mol. The number of carbonyl (C=O) groups excluding carboxylic acids is 1. The number of ether oxygens (including phenoxy) is 3. The number of carboxylic acids is 1. The van der Waals surface area contributed by atoms with Crippen LogP contribution in [0.1, 0.15) is 38.2 Å². The fourth-order valence-corrected chi connectivity index (χ4v) is 4.30. The molecule has 2 aliphatic heterocycles. The van der Waals surface area contributed by atoms with E-state index in [-0.39, 0.29) is 30.8 Å². The normalized spacial score (nSPS) is 21.3. The fourth-order valence-electron chi connectivity index (χ4n) is 4.13. The first kappa shape index (κ1) is 23.0. The average Bonchev–Trinajstić information content (AvgIpc) is 2.83. The summed E-state index contributed by atoms with van der Waals surface area (Å²) in [6.45, 7) is 4.59. The lowest BCUT2D eigenvalue weighted by molar-refractivity contribution is -0.145. The third-order valence-electron chi connectivity index (χ3n) is 5.45. The molecule has 1 N–H and O–H groups in total. The number of hydrogen-bond donors (Lipinski definition) is 1. The standard InChI is InChI=1S/C23H28ClNO6/c1-13(2)11-25-22(28)14(8-21(26)27)7-18(19-9-15(24)12-31-23(19)25)17-6-5-16(29-3)10-20(17)30-4/h5-6,9-10,13-14,18H,7-8,11-12H2,1-4H3,(H,26,27)/t14-,18+/m1/s1. The summed E-state index contributed by atoms with van der Waals surface area (Å²) in [7, 11) is 3.14. The molecule has 8 heteroatoms. The van der Waals surface area contributed by atoms with Gasteiger partial charge in [0.25, 0.3) is 0 Å². The van der Waals surface area contributed by atoms with Crippen molar-refractivity contribution in [1.29, 1.82) is 0 Å². The first-order chi connectivity index (χ1) is 14.7. The number of halogens is 1. The molecule has 31 heavy (non-hydrogen) atoms. The lowest BCUT2D eigenvalue weighted by Gasteiger charge is -2.30. The highest BCUT2D eigenvalue weighted by molar-refractivity contribution is 6.30. The summed E-state index contributed by atoms with van der Waals surface area (Å²) < 4.78 is 16.9. The molecule has 2 heterocycles. The zero-order valence-electron chi connectivity index (χ0n) is 18.2. The number of carboxylic acid groups (broad SMARTS) is 1. The number of rotatable bonds is 7. The molecule has 0 unspecified atom stereocenters. The Morgan fingerprint density at radius 2 is 2.06 bits per heavy atom. The lowest BCUT2D eigenvalue weighted by Crippen LogP contribution is -2.39. The van der Waals surface area contributed by atoms with Crippen molar-refractivity contribution in [3.63, 3.8) is 0 Å². The summed E-state index contributed by atoms with van der Waals surface area (Å²) in [5, 5.41) is 10.00. The van der Waals surface area contributed by atoms with Gasteiger partial charge in [0.1, 0.15) is 18.1 Å². The Labute approximate surface area is 187 Å². The maximum atomic E-state index is 13.4. The molecule has 0 aromatic heterocycles. The number of carbonyl (C=O) groups is 2. The maximum absolute atomic E-state index is 13.4. The molecule has 1 amide bonds. The molecule has 0 aliphatic carbocycles. The first-order valence-electron chi connectivity index (χ1n) is 10.2. The molecule has 1 aromatic carbocycles. The number of methoxy groups -OCH3 is 2. The first-order valence-corrected chi connectivity index (χ1v) is 10.6. The van der Waals surface area contributed by atoms with Gasteiger partial charge in [0, 0.05) is 35.6 Å². The Balaban J connectivity index is 2.20. The van der Waals surface area contributed by atoms with Crippen LogP contribution in [0.4, 0.5) is 0 Å². The van der Waals surface area contributed by atoms with Crippen LogP contribution in [0.2, 0.25) is 0 Å². The highest BCUT2D eigenvalue weighted by atomic mass is 35.5. The minimum absolute atomic E-state index is 0.165. The third kappa shape index (κ3) is 4.98. The largest absolute Gasteiger partial charge is 0.497 e. The van der Waals surface area contributed by atoms with Gasteiger partial charge in [0.05, 0.1) is 25.7 Å². The van der Waals surface area contributed by atoms with Crippen molar-refractivity contribution >= 4 is 23.5 Å². The van der Waals surface area contributed by atoms with E-state index in [0.717, 1.165) is 11.1 Å². The molecule has 0 saturated carbocycles. The van der Waals surface area contributed by atoms with Crippen LogP contribution in [0.25, 0.3) is 0 Å². The monoisotopic (exact) mass is 449 g/mol. The molecule has 168 valence electrons. The summed E-state index contributed by atoms with van der Waals surface area (Å²) in [5.74, 6) is -0.479. The van der Waals surface area contributed by atoms with E-state index in [4.69, 9.17) is 25.8 Å². The quantitative estimate of drug-likeness (QED) is 0.673. The molecular weight excluding hydrogens is 422 g/mol. The van der Waals surface area contributed by atoms with Crippen molar-refractivity contribution in [2.45, 2.75) is 32.6 Å². The van der Waals surface area contributed by atoms with Crippen LogP contribution in [0.15, 0.2) is 40.8 Å². The van der Waals surface area contributed by atoms with Crippen LogP contribution in [-0.4, -0.2) is 49.3 Å². The average molecular weight is 450 g/mol. The van der Waals surface area contributed by atoms with Crippen molar-refractivity contribution < 1.29 is 28.9 Å². The minimum atomic E-state index is -1.02. The number of benzene rings is 1. The Morgan fingerprint density at radius 3 is 2.68 bits per heavy atom. The Kier molecular flexibility index (Phi) is 7.15. The maximum Gasteiger partial charge on any atom is 0.304 e. The van der Waals surface area contributed by atoms with Crippen LogP contribution in [0.5, 0.6) is 11.5 Å². The van der Waals surface area contributed by atoms with Crippen LogP contribution in [0.3, 0.4) is 0 Å². The fraction of sp³-hybridized carbons (Fsp3) is 0.478. The number of hydrogen-bond acceptors (Lipinski definition) is 5. The zero-order valence-corrected chi connectivity index (χ0v) is 18.9. The van der Waals surface area contributed by atoms with Gasteiger partial charge in [-0.25, -0.2) is 0 Å². The lowest BCUT2D eigenvalue weighted by atomic mass is 9.82. The summed E-state index contributed by atoms with van der Waals surface area (Å²) in [4.78, 5) is 26.6. The van der Waals surface area contributed by atoms with Crippen molar-refractivity contribution in [2.75, 3.05) is 27.4 Å². The van der Waals surface area contributed by atoms with Crippen LogP contribution >= 0.6 is 11.6 Å². The van der Waals surface area contributed by atoms with Gasteiger partial charge in [-0.2, -0.15) is 0 Å². The highest BCUT2D eigenvalue weighted by Crippen LogP contribution is 2.45. The van der Waals surface area contributed by atoms with Crippen molar-refractivity contribution in [3.8, 4) is 11.5 Å². The van der Waals surface area contributed by atoms with Crippen molar-refractivity contribution in [2.24, 2.45) is 11.8 Å². The van der Waals surface area contributed by atoms with Crippen LogP contribution in [-0.2, 0) is 14.3 Å². The van der Waals surface area contributed by atoms with E-state index in [0.29, 0.717) is 35.4 Å². The smallest absolute Gasteiger partial charge is 0.304 e. The van der Waals surface area contributed by atoms with Crippen molar-refractivity contribution in [1.82, 2.24) is 4.90 Å². The SMILES string of the molecule is COc1ccc([C@@H]2C[C@H](CC(=O)O)C(=O)N(CC(C)C)C3=C2C=C(Cl)CO3)c(OC)c1. The predicted octanol–water partition coefficient (Wildman–Crippen LogP) is 4.13. The van der Waals surface area contributed by atoms with E-state index in [1.807, 2.05) is 32.1 Å². The van der Waals surface area contributed by atoms with E-state index in [2.05, 4.69) is 0 Å². The van der Waals surface area contributed by atoms with E-state index in [1.54, 1.807) is 25.2 Å². The number of nitrogens with zero attached hydrogens (tertiary/aromatic N) is 1. The minimum Gasteiger partial charge on any atom is -0.497 e. The molecule has 0 fully saturated rings. The van der Waals surface area contributed by atoms with Gasteiger partial charge < -0.3 is 19.3 Å². The van der Waals surface area contributed by atoms with Gasteiger partial charge in [0.2, 0.25) is 5.91 Å². The molecule has 0 spiro atoms. The second-order valence-electron chi connectivity index (χ2n) is 8.17. The van der Waals surface area contributed by atoms with Gasteiger partial charge in [-0.1, -0.05) is 31.5 Å². The van der Waals surface area contributed by atoms with Gasteiger partial charge in [0.15, 0.2) is 5.88 Å². The zero-order chi connectivity index (χ0) is 22.7. The Bertz CT molecular complexity index is 923. The highest BCUT2D eigenvalue weighted by Gasteiger charge is 2.40. The third-order valence-corrected chi connectivity index (χ3v) is 5.66. The number of allylic oxidation sites excluding steroid dienone is 2. The molecule has 3 rings (SSSR count). The van der Waals surface area contributed by atoms with Crippen LogP contribution < -0.4 is 9.47 Å². The molecule has 7 nitrogen and oxygen atoms in total. The molecule has 2 aliphatic rings. The summed E-state index contributed by atoms with van der Waals surface area (Å²) >= 11 is 6.33. The topological polar surface area (TPSA) is 85.3 Å². The molecule has 1 aromatic rings. The van der Waals surface area contributed by atoms with Gasteiger partial charge in [-0.05, 0) is 24.5 Å². The molecule has 0 radical (unpaired) electrons. The molecule has 2 atom stereocenters. The molecule has 0 bridgehead atoms. The Morgan fingerprint density at radius 1 is 1.32 bits per heavy atom. The van der Waals surface area contributed by atoms with Gasteiger partial charge in [-0.15, -0.1) is 0 Å². The van der Waals surface area contributed by atoms with E-state index in [9.17, 15) is 14.7 Å². The molecular formula is C23H28ClNO6. The summed E-state index contributed by atoms with van der Waals surface area (Å²) in [6, 6.07) is 5.47. The second-order valence-corrected chi connectivity index (χ2v) is 8.66. The second kappa shape index (κ2) is 9.64. The number of amides is 1. The van der Waals surface area contributed by atoms with E-state index >= 15 is 0 Å².